The van der Waals surface area contributed by atoms with Crippen LogP contribution >= 0.6 is 0 Å². The predicted molar refractivity (Wildman–Crippen MR) is 67.2 cm³/mol. The molecule has 1 rings (SSSR count). The van der Waals surface area contributed by atoms with Gasteiger partial charge in [0.15, 0.2) is 0 Å². The number of amides is 2. The first-order chi connectivity index (χ1) is 9.20. The summed E-state index contributed by atoms with van der Waals surface area (Å²) >= 11 is 0. The van der Waals surface area contributed by atoms with Crippen LogP contribution in [0.25, 0.3) is 0 Å². The number of alkyl halides is 3. The van der Waals surface area contributed by atoms with Crippen molar-refractivity contribution in [2.24, 2.45) is 5.10 Å². The molecule has 0 atom stereocenters. The highest BCUT2D eigenvalue weighted by Gasteiger charge is 2.38. The molecule has 0 bridgehead atoms. The lowest BCUT2D eigenvalue weighted by Gasteiger charge is -2.08. The van der Waals surface area contributed by atoms with Gasteiger partial charge in [-0.15, -0.1) is 0 Å². The number of carbonyl (C=O) groups excluding carboxylic acids is 2. The molecule has 20 heavy (non-hydrogen) atoms. The first kappa shape index (κ1) is 15.7. The lowest BCUT2D eigenvalue weighted by Crippen LogP contribution is -2.29. The van der Waals surface area contributed by atoms with E-state index in [-0.39, 0.29) is 11.6 Å². The van der Waals surface area contributed by atoms with Crippen molar-refractivity contribution in [2.45, 2.75) is 20.0 Å². The largest absolute Gasteiger partial charge is 0.471 e. The second-order valence-electron chi connectivity index (χ2n) is 3.89. The van der Waals surface area contributed by atoms with Crippen LogP contribution in [0, 0.1) is 0 Å². The van der Waals surface area contributed by atoms with Crippen LogP contribution in [0.5, 0.6) is 0 Å². The molecule has 5 nitrogen and oxygen atoms in total. The maximum atomic E-state index is 12.0. The Morgan fingerprint density at radius 2 is 1.65 bits per heavy atom. The Kier molecular flexibility index (Phi) is 4.84. The van der Waals surface area contributed by atoms with E-state index in [0.717, 1.165) is 0 Å². The molecule has 0 radical (unpaired) electrons. The van der Waals surface area contributed by atoms with Gasteiger partial charge in [0.05, 0.1) is 5.71 Å². The minimum Gasteiger partial charge on any atom is -0.318 e. The zero-order valence-corrected chi connectivity index (χ0v) is 10.7. The number of anilines is 1. The number of nitrogens with zero attached hydrogens (tertiary/aromatic N) is 1. The summed E-state index contributed by atoms with van der Waals surface area (Å²) in [5.41, 5.74) is 3.34. The Balaban J connectivity index is 2.77. The van der Waals surface area contributed by atoms with Crippen LogP contribution in [0.15, 0.2) is 29.4 Å². The number of hydrazone groups is 1. The highest BCUT2D eigenvalue weighted by molar-refractivity contribution is 6.00. The third kappa shape index (κ3) is 4.71. The fourth-order valence-electron chi connectivity index (χ4n) is 1.22. The van der Waals surface area contributed by atoms with E-state index < -0.39 is 12.1 Å². The summed E-state index contributed by atoms with van der Waals surface area (Å²) in [5, 5.41) is 5.50. The average molecular weight is 287 g/mol. The van der Waals surface area contributed by atoms with Gasteiger partial charge in [-0.05, 0) is 24.6 Å². The SMILES string of the molecule is CC(=O)NN=C(C)c1ccc(NC(=O)C(F)(F)F)cc1. The van der Waals surface area contributed by atoms with E-state index in [1.807, 2.05) is 0 Å². The van der Waals surface area contributed by atoms with Gasteiger partial charge < -0.3 is 5.32 Å². The van der Waals surface area contributed by atoms with Crippen LogP contribution in [0.2, 0.25) is 0 Å². The molecule has 0 heterocycles. The first-order valence-electron chi connectivity index (χ1n) is 5.49. The van der Waals surface area contributed by atoms with Crippen molar-refractivity contribution in [1.29, 1.82) is 0 Å². The summed E-state index contributed by atoms with van der Waals surface area (Å²) in [6.07, 6.45) is -4.93. The van der Waals surface area contributed by atoms with E-state index in [1.54, 1.807) is 12.2 Å². The molecule has 0 saturated heterocycles. The molecular formula is C12H12F3N3O2. The number of halogens is 3. The number of nitrogens with one attached hydrogen (secondary N) is 2. The molecule has 1 aromatic rings. The molecule has 0 saturated carbocycles. The first-order valence-corrected chi connectivity index (χ1v) is 5.49. The van der Waals surface area contributed by atoms with Crippen molar-refractivity contribution in [3.8, 4) is 0 Å². The van der Waals surface area contributed by atoms with Crippen LogP contribution < -0.4 is 10.7 Å². The van der Waals surface area contributed by atoms with Crippen molar-refractivity contribution >= 4 is 23.2 Å². The second kappa shape index (κ2) is 6.18. The Morgan fingerprint density at radius 3 is 2.10 bits per heavy atom. The molecule has 0 unspecified atom stereocenters. The lowest BCUT2D eigenvalue weighted by atomic mass is 10.1. The average Bonchev–Trinajstić information content (AvgIpc) is 2.35. The van der Waals surface area contributed by atoms with Crippen LogP contribution in [0.3, 0.4) is 0 Å². The molecule has 0 aliphatic rings. The smallest absolute Gasteiger partial charge is 0.318 e. The lowest BCUT2D eigenvalue weighted by molar-refractivity contribution is -0.167. The Hall–Kier alpha value is -2.38. The zero-order chi connectivity index (χ0) is 15.3. The van der Waals surface area contributed by atoms with E-state index >= 15 is 0 Å². The molecule has 0 spiro atoms. The zero-order valence-electron chi connectivity index (χ0n) is 10.7. The van der Waals surface area contributed by atoms with E-state index in [2.05, 4.69) is 10.5 Å². The summed E-state index contributed by atoms with van der Waals surface area (Å²) in [6.45, 7) is 2.92. The maximum Gasteiger partial charge on any atom is 0.471 e. The number of hydrogen-bond acceptors (Lipinski definition) is 3. The van der Waals surface area contributed by atoms with E-state index in [4.69, 9.17) is 0 Å². The summed E-state index contributed by atoms with van der Waals surface area (Å²) in [5.74, 6) is -2.37. The Bertz CT molecular complexity index is 536. The predicted octanol–water partition coefficient (Wildman–Crippen LogP) is 2.05. The van der Waals surface area contributed by atoms with Crippen molar-refractivity contribution in [2.75, 3.05) is 5.32 Å². The van der Waals surface area contributed by atoms with E-state index in [1.165, 1.54) is 31.2 Å². The van der Waals surface area contributed by atoms with Crippen molar-refractivity contribution in [3.05, 3.63) is 29.8 Å². The molecule has 0 fully saturated rings. The number of carbonyl (C=O) groups is 2. The number of hydrogen-bond donors (Lipinski definition) is 2. The third-order valence-electron chi connectivity index (χ3n) is 2.20. The molecule has 8 heteroatoms. The molecule has 1 aromatic carbocycles. The fourth-order valence-corrected chi connectivity index (χ4v) is 1.22. The third-order valence-corrected chi connectivity index (χ3v) is 2.20. The van der Waals surface area contributed by atoms with E-state index in [9.17, 15) is 22.8 Å². The van der Waals surface area contributed by atoms with Crippen LogP contribution in [-0.4, -0.2) is 23.7 Å². The van der Waals surface area contributed by atoms with Crippen LogP contribution in [-0.2, 0) is 9.59 Å². The van der Waals surface area contributed by atoms with Gasteiger partial charge in [-0.1, -0.05) is 12.1 Å². The van der Waals surface area contributed by atoms with Gasteiger partial charge in [0.2, 0.25) is 5.91 Å². The van der Waals surface area contributed by atoms with Gasteiger partial charge in [0.25, 0.3) is 0 Å². The monoisotopic (exact) mass is 287 g/mol. The molecule has 0 aliphatic carbocycles. The topological polar surface area (TPSA) is 70.6 Å². The molecule has 2 amide bonds. The minimum atomic E-state index is -4.93. The second-order valence-corrected chi connectivity index (χ2v) is 3.89. The molecule has 2 N–H and O–H groups in total. The summed E-state index contributed by atoms with van der Waals surface area (Å²) < 4.78 is 36.1. The van der Waals surface area contributed by atoms with Gasteiger partial charge in [0.1, 0.15) is 0 Å². The van der Waals surface area contributed by atoms with E-state index in [0.29, 0.717) is 11.3 Å². The van der Waals surface area contributed by atoms with Crippen molar-refractivity contribution in [3.63, 3.8) is 0 Å². The van der Waals surface area contributed by atoms with Crippen LogP contribution in [0.1, 0.15) is 19.4 Å². The highest BCUT2D eigenvalue weighted by Crippen LogP contribution is 2.18. The molecule has 108 valence electrons. The summed E-state index contributed by atoms with van der Waals surface area (Å²) in [4.78, 5) is 21.4. The maximum absolute atomic E-state index is 12.0. The normalized spacial score (nSPS) is 11.9. The Labute approximate surface area is 112 Å². The van der Waals surface area contributed by atoms with Crippen LogP contribution in [0.4, 0.5) is 18.9 Å². The van der Waals surface area contributed by atoms with Crippen molar-refractivity contribution in [1.82, 2.24) is 5.43 Å². The minimum absolute atomic E-state index is 0.0170. The molecule has 0 aliphatic heterocycles. The summed E-state index contributed by atoms with van der Waals surface area (Å²) in [7, 11) is 0. The summed E-state index contributed by atoms with van der Waals surface area (Å²) in [6, 6.07) is 5.58. The standard InChI is InChI=1S/C12H12F3N3O2/c1-7(17-18-8(2)19)9-3-5-10(6-4-9)16-11(20)12(13,14)15/h3-6H,1-2H3,(H,16,20)(H,18,19). The Morgan fingerprint density at radius 1 is 1.10 bits per heavy atom. The molecule has 0 aromatic heterocycles. The number of rotatable bonds is 3. The van der Waals surface area contributed by atoms with Gasteiger partial charge in [-0.3, -0.25) is 9.59 Å². The number of benzene rings is 1. The van der Waals surface area contributed by atoms with Gasteiger partial charge in [-0.25, -0.2) is 5.43 Å². The quantitative estimate of drug-likeness (QED) is 0.659. The van der Waals surface area contributed by atoms with Gasteiger partial charge >= 0.3 is 12.1 Å². The highest BCUT2D eigenvalue weighted by atomic mass is 19.4. The van der Waals surface area contributed by atoms with Gasteiger partial charge in [-0.2, -0.15) is 18.3 Å². The molecular weight excluding hydrogens is 275 g/mol. The van der Waals surface area contributed by atoms with Gasteiger partial charge in [0, 0.05) is 12.6 Å². The van der Waals surface area contributed by atoms with Crippen molar-refractivity contribution < 1.29 is 22.8 Å². The fraction of sp³-hybridized carbons (Fsp3) is 0.250.